The van der Waals surface area contributed by atoms with Crippen molar-refractivity contribution >= 4 is 47.6 Å². The summed E-state index contributed by atoms with van der Waals surface area (Å²) in [6.45, 7) is 5.46. The predicted octanol–water partition coefficient (Wildman–Crippen LogP) is 4.63. The molecule has 0 spiro atoms. The summed E-state index contributed by atoms with van der Waals surface area (Å²) >= 11 is 1.93. The van der Waals surface area contributed by atoms with Crippen molar-refractivity contribution in [3.05, 3.63) is 65.7 Å². The van der Waals surface area contributed by atoms with Crippen LogP contribution in [-0.4, -0.2) is 49.2 Å². The monoisotopic (exact) mass is 552 g/mol. The average molecular weight is 553 g/mol. The molecule has 1 unspecified atom stereocenters. The number of carbonyl (C=O) groups is 1. The summed E-state index contributed by atoms with van der Waals surface area (Å²) in [6.07, 6.45) is 2.12. The lowest BCUT2D eigenvalue weighted by Gasteiger charge is -2.22. The number of hydrogen-bond acceptors (Lipinski definition) is 3. The normalized spacial score (nSPS) is 16.0. The first-order valence-electron chi connectivity index (χ1n) is 10.7. The number of carbonyl (C=O) groups excluding carboxylic acids is 1. The number of halogens is 1. The summed E-state index contributed by atoms with van der Waals surface area (Å²) in [5, 5.41) is 6.40. The summed E-state index contributed by atoms with van der Waals surface area (Å²) in [5.74, 6) is 2.72. The van der Waals surface area contributed by atoms with Crippen LogP contribution in [0.25, 0.3) is 0 Å². The second-order valence-electron chi connectivity index (χ2n) is 7.58. The highest BCUT2D eigenvalue weighted by Gasteiger charge is 2.24. The van der Waals surface area contributed by atoms with Crippen molar-refractivity contribution < 1.29 is 4.79 Å². The number of guanidine groups is 1. The quantitative estimate of drug-likeness (QED) is 0.217. The van der Waals surface area contributed by atoms with Crippen molar-refractivity contribution in [2.45, 2.75) is 31.2 Å². The van der Waals surface area contributed by atoms with E-state index in [1.807, 2.05) is 43.1 Å². The molecule has 0 bridgehead atoms. The van der Waals surface area contributed by atoms with E-state index >= 15 is 0 Å². The van der Waals surface area contributed by atoms with Gasteiger partial charge in [-0.25, -0.2) is 0 Å². The third kappa shape index (κ3) is 8.03. The number of nitrogens with one attached hydrogen (secondary N) is 2. The zero-order valence-electron chi connectivity index (χ0n) is 18.3. The van der Waals surface area contributed by atoms with Crippen molar-refractivity contribution in [3.63, 3.8) is 0 Å². The maximum Gasteiger partial charge on any atom is 0.251 e. The van der Waals surface area contributed by atoms with Gasteiger partial charge < -0.3 is 15.5 Å². The Hall–Kier alpha value is -1.74. The van der Waals surface area contributed by atoms with Gasteiger partial charge >= 0.3 is 0 Å². The molecule has 1 amide bonds. The molecule has 5 nitrogen and oxygen atoms in total. The van der Waals surface area contributed by atoms with E-state index in [-0.39, 0.29) is 29.9 Å². The zero-order valence-corrected chi connectivity index (χ0v) is 21.5. The first kappa shape index (κ1) is 25.5. The van der Waals surface area contributed by atoms with E-state index in [9.17, 15) is 4.79 Å². The summed E-state index contributed by atoms with van der Waals surface area (Å²) in [5.41, 5.74) is 1.78. The Kier molecular flexibility index (Phi) is 11.2. The highest BCUT2D eigenvalue weighted by atomic mass is 127. The van der Waals surface area contributed by atoms with Crippen LogP contribution in [0.2, 0.25) is 0 Å². The summed E-state index contributed by atoms with van der Waals surface area (Å²) in [7, 11) is 1.84. The van der Waals surface area contributed by atoms with E-state index in [0.717, 1.165) is 36.8 Å². The molecule has 0 saturated carbocycles. The Morgan fingerprint density at radius 1 is 1.16 bits per heavy atom. The lowest BCUT2D eigenvalue weighted by atomic mass is 10.1. The van der Waals surface area contributed by atoms with Gasteiger partial charge in [-0.1, -0.05) is 37.3 Å². The highest BCUT2D eigenvalue weighted by Crippen LogP contribution is 2.25. The molecule has 1 aliphatic rings. The van der Waals surface area contributed by atoms with Gasteiger partial charge in [-0.2, -0.15) is 0 Å². The number of hydrogen-bond donors (Lipinski definition) is 2. The molecular formula is C24H33IN4OS. The Morgan fingerprint density at radius 3 is 2.71 bits per heavy atom. The summed E-state index contributed by atoms with van der Waals surface area (Å²) in [4.78, 5) is 20.4. The van der Waals surface area contributed by atoms with Crippen LogP contribution in [0.3, 0.4) is 0 Å². The van der Waals surface area contributed by atoms with Gasteiger partial charge in [0, 0.05) is 49.4 Å². The fourth-order valence-corrected chi connectivity index (χ4v) is 4.62. The minimum atomic E-state index is -0.0126. The maximum atomic E-state index is 12.2. The third-order valence-electron chi connectivity index (χ3n) is 5.20. The Labute approximate surface area is 207 Å². The van der Waals surface area contributed by atoms with Crippen molar-refractivity contribution in [2.24, 2.45) is 10.9 Å². The molecule has 1 fully saturated rings. The first-order valence-corrected chi connectivity index (χ1v) is 11.7. The number of amides is 1. The first-order chi connectivity index (χ1) is 14.7. The van der Waals surface area contributed by atoms with Gasteiger partial charge in [0.1, 0.15) is 0 Å². The van der Waals surface area contributed by atoms with Gasteiger partial charge in [0.25, 0.3) is 5.91 Å². The minimum Gasteiger partial charge on any atom is -0.352 e. The molecule has 2 aromatic carbocycles. The minimum absolute atomic E-state index is 0. The van der Waals surface area contributed by atoms with Crippen LogP contribution in [0.4, 0.5) is 0 Å². The van der Waals surface area contributed by atoms with Gasteiger partial charge in [-0.3, -0.25) is 9.79 Å². The number of nitrogens with zero attached hydrogens (tertiary/aromatic N) is 2. The number of thioether (sulfide) groups is 1. The zero-order chi connectivity index (χ0) is 21.2. The molecule has 1 atom stereocenters. The number of benzene rings is 2. The topological polar surface area (TPSA) is 56.7 Å². The van der Waals surface area contributed by atoms with Crippen LogP contribution in [-0.2, 0) is 6.54 Å². The number of rotatable bonds is 8. The molecule has 3 rings (SSSR count). The van der Waals surface area contributed by atoms with Crippen LogP contribution in [0.15, 0.2) is 64.5 Å². The second kappa shape index (κ2) is 13.6. The molecule has 0 aliphatic carbocycles. The van der Waals surface area contributed by atoms with Gasteiger partial charge in [0.15, 0.2) is 5.96 Å². The Bertz CT molecular complexity index is 846. The molecule has 168 valence electrons. The molecule has 2 N–H and O–H groups in total. The maximum absolute atomic E-state index is 12.2. The van der Waals surface area contributed by atoms with Crippen LogP contribution < -0.4 is 10.6 Å². The molecule has 1 heterocycles. The smallest absolute Gasteiger partial charge is 0.251 e. The lowest BCUT2D eigenvalue weighted by Crippen LogP contribution is -2.39. The second-order valence-corrected chi connectivity index (χ2v) is 8.68. The Morgan fingerprint density at radius 2 is 1.97 bits per heavy atom. The van der Waals surface area contributed by atoms with E-state index in [4.69, 9.17) is 0 Å². The van der Waals surface area contributed by atoms with E-state index in [2.05, 4.69) is 57.8 Å². The number of aliphatic imine (C=N–C) groups is 1. The fourth-order valence-electron chi connectivity index (χ4n) is 3.57. The van der Waals surface area contributed by atoms with E-state index in [0.29, 0.717) is 24.6 Å². The van der Waals surface area contributed by atoms with Crippen LogP contribution in [0, 0.1) is 5.92 Å². The molecule has 0 radical (unpaired) electrons. The largest absolute Gasteiger partial charge is 0.352 e. The van der Waals surface area contributed by atoms with Gasteiger partial charge in [-0.15, -0.1) is 35.7 Å². The molecule has 0 aromatic heterocycles. The van der Waals surface area contributed by atoms with Crippen LogP contribution in [0.5, 0.6) is 0 Å². The molecule has 1 saturated heterocycles. The van der Waals surface area contributed by atoms with E-state index in [1.54, 1.807) is 0 Å². The van der Waals surface area contributed by atoms with Crippen LogP contribution >= 0.6 is 35.7 Å². The molecular weight excluding hydrogens is 519 g/mol. The summed E-state index contributed by atoms with van der Waals surface area (Å²) in [6, 6.07) is 18.4. The standard InChI is InChI=1S/C24H32N4OS.HI/c1-3-13-26-23(29)21-9-7-8-19(15-21)16-27-24(25-2)28-14-12-20(17-28)18-30-22-10-5-4-6-11-22;/h4-11,15,20H,3,12-14,16-18H2,1-2H3,(H,25,27)(H,26,29);1H. The average Bonchev–Trinajstić information content (AvgIpc) is 3.26. The number of likely N-dealkylation sites (tertiary alicyclic amines) is 1. The highest BCUT2D eigenvalue weighted by molar-refractivity contribution is 14.0. The van der Waals surface area contributed by atoms with E-state index < -0.39 is 0 Å². The van der Waals surface area contributed by atoms with Gasteiger partial charge in [0.05, 0.1) is 0 Å². The molecule has 31 heavy (non-hydrogen) atoms. The molecule has 2 aromatic rings. The lowest BCUT2D eigenvalue weighted by molar-refractivity contribution is 0.0953. The molecule has 1 aliphatic heterocycles. The third-order valence-corrected chi connectivity index (χ3v) is 6.45. The van der Waals surface area contributed by atoms with Crippen molar-refractivity contribution in [2.75, 3.05) is 32.4 Å². The van der Waals surface area contributed by atoms with Crippen LogP contribution in [0.1, 0.15) is 35.7 Å². The van der Waals surface area contributed by atoms with E-state index in [1.165, 1.54) is 11.3 Å². The van der Waals surface area contributed by atoms with Crippen molar-refractivity contribution in [1.29, 1.82) is 0 Å². The SMILES string of the molecule is CCCNC(=O)c1cccc(CNC(=NC)N2CCC(CSc3ccccc3)C2)c1.I. The van der Waals surface area contributed by atoms with Crippen molar-refractivity contribution in [3.8, 4) is 0 Å². The summed E-state index contributed by atoms with van der Waals surface area (Å²) < 4.78 is 0. The Balaban J connectivity index is 0.00000341. The van der Waals surface area contributed by atoms with Crippen molar-refractivity contribution in [1.82, 2.24) is 15.5 Å². The predicted molar refractivity (Wildman–Crippen MR) is 142 cm³/mol. The van der Waals surface area contributed by atoms with Gasteiger partial charge in [-0.05, 0) is 48.6 Å². The molecule has 7 heteroatoms. The fraction of sp³-hybridized carbons (Fsp3) is 0.417. The van der Waals surface area contributed by atoms with Gasteiger partial charge in [0.2, 0.25) is 0 Å².